The summed E-state index contributed by atoms with van der Waals surface area (Å²) in [6, 6.07) is 6.62. The van der Waals surface area contributed by atoms with Crippen molar-refractivity contribution in [2.24, 2.45) is 0 Å². The molecule has 2 rings (SSSR count). The normalized spacial score (nSPS) is 11.9. The van der Waals surface area contributed by atoms with Gasteiger partial charge in [-0.25, -0.2) is 9.97 Å². The number of H-pyrrole nitrogens is 1. The van der Waals surface area contributed by atoms with Crippen molar-refractivity contribution in [3.05, 3.63) is 52.0 Å². The minimum absolute atomic E-state index is 0.0372. The van der Waals surface area contributed by atoms with Gasteiger partial charge in [0, 0.05) is 6.42 Å². The number of aliphatic carboxylic acids is 1. The van der Waals surface area contributed by atoms with Gasteiger partial charge in [0.05, 0.1) is 13.0 Å². The van der Waals surface area contributed by atoms with E-state index in [1.165, 1.54) is 7.11 Å². The average molecular weight is 291 g/mol. The molecular formula is C13H13N3O5. The SMILES string of the molecule is COc1ccc([C@@H](Cc2ncc([N+](=O)[O-])[nH]2)C(=O)O)cc1. The minimum Gasteiger partial charge on any atom is -0.497 e. The van der Waals surface area contributed by atoms with Gasteiger partial charge in [0.15, 0.2) is 5.82 Å². The molecular weight excluding hydrogens is 278 g/mol. The Labute approximate surface area is 119 Å². The van der Waals surface area contributed by atoms with E-state index in [2.05, 4.69) is 9.97 Å². The first-order valence-corrected chi connectivity index (χ1v) is 6.06. The van der Waals surface area contributed by atoms with Crippen molar-refractivity contribution in [1.29, 1.82) is 0 Å². The van der Waals surface area contributed by atoms with Gasteiger partial charge in [-0.2, -0.15) is 0 Å². The van der Waals surface area contributed by atoms with Crippen LogP contribution >= 0.6 is 0 Å². The highest BCUT2D eigenvalue weighted by molar-refractivity contribution is 5.76. The summed E-state index contributed by atoms with van der Waals surface area (Å²) in [4.78, 5) is 27.7. The van der Waals surface area contributed by atoms with Crippen LogP contribution in [-0.4, -0.2) is 33.1 Å². The van der Waals surface area contributed by atoms with Crippen molar-refractivity contribution >= 4 is 11.8 Å². The second-order valence-electron chi connectivity index (χ2n) is 4.34. The molecule has 1 heterocycles. The number of hydrogen-bond donors (Lipinski definition) is 2. The molecule has 1 atom stereocenters. The van der Waals surface area contributed by atoms with Gasteiger partial charge in [0.1, 0.15) is 11.9 Å². The Morgan fingerprint density at radius 2 is 2.14 bits per heavy atom. The van der Waals surface area contributed by atoms with Crippen molar-refractivity contribution in [3.8, 4) is 5.75 Å². The van der Waals surface area contributed by atoms with E-state index in [4.69, 9.17) is 4.74 Å². The molecule has 0 spiro atoms. The Balaban J connectivity index is 2.21. The van der Waals surface area contributed by atoms with Crippen molar-refractivity contribution in [1.82, 2.24) is 9.97 Å². The summed E-state index contributed by atoms with van der Waals surface area (Å²) in [7, 11) is 1.52. The lowest BCUT2D eigenvalue weighted by Crippen LogP contribution is -2.15. The van der Waals surface area contributed by atoms with Crippen molar-refractivity contribution in [2.75, 3.05) is 7.11 Å². The van der Waals surface area contributed by atoms with E-state index in [9.17, 15) is 20.0 Å². The van der Waals surface area contributed by atoms with Crippen LogP contribution in [0.5, 0.6) is 5.75 Å². The Kier molecular flexibility index (Phi) is 4.17. The first-order valence-electron chi connectivity index (χ1n) is 6.06. The van der Waals surface area contributed by atoms with Gasteiger partial charge >= 0.3 is 11.8 Å². The summed E-state index contributed by atoms with van der Waals surface area (Å²) in [5, 5.41) is 19.9. The number of carboxylic acid groups (broad SMARTS) is 1. The molecule has 0 saturated carbocycles. The van der Waals surface area contributed by atoms with Gasteiger partial charge < -0.3 is 20.0 Å². The van der Waals surface area contributed by atoms with Gasteiger partial charge in [0.25, 0.3) is 0 Å². The van der Waals surface area contributed by atoms with Gasteiger partial charge in [-0.1, -0.05) is 12.1 Å². The van der Waals surface area contributed by atoms with Crippen LogP contribution in [0.1, 0.15) is 17.3 Å². The lowest BCUT2D eigenvalue weighted by molar-refractivity contribution is -0.389. The molecule has 0 bridgehead atoms. The smallest absolute Gasteiger partial charge is 0.340 e. The summed E-state index contributed by atoms with van der Waals surface area (Å²) in [6.07, 6.45) is 1.11. The van der Waals surface area contributed by atoms with Crippen LogP contribution in [0.2, 0.25) is 0 Å². The summed E-state index contributed by atoms with van der Waals surface area (Å²) in [6.45, 7) is 0. The molecule has 0 amide bonds. The highest BCUT2D eigenvalue weighted by atomic mass is 16.6. The number of benzene rings is 1. The number of imidazole rings is 1. The third-order valence-electron chi connectivity index (χ3n) is 3.03. The number of ether oxygens (including phenoxy) is 1. The number of methoxy groups -OCH3 is 1. The molecule has 0 unspecified atom stereocenters. The first-order chi connectivity index (χ1) is 10.0. The Hall–Kier alpha value is -2.90. The molecule has 0 aliphatic rings. The highest BCUT2D eigenvalue weighted by Gasteiger charge is 2.24. The maximum atomic E-state index is 11.4. The summed E-state index contributed by atoms with van der Waals surface area (Å²) in [5.74, 6) is -1.26. The lowest BCUT2D eigenvalue weighted by Gasteiger charge is -2.10. The third kappa shape index (κ3) is 3.35. The summed E-state index contributed by atoms with van der Waals surface area (Å²) in [5.41, 5.74) is 0.572. The zero-order valence-electron chi connectivity index (χ0n) is 11.1. The zero-order chi connectivity index (χ0) is 15.4. The molecule has 0 aliphatic heterocycles. The second-order valence-corrected chi connectivity index (χ2v) is 4.34. The predicted octanol–water partition coefficient (Wildman–Crippen LogP) is 1.74. The van der Waals surface area contributed by atoms with E-state index >= 15 is 0 Å². The number of hydrogen-bond acceptors (Lipinski definition) is 5. The fourth-order valence-corrected chi connectivity index (χ4v) is 1.93. The largest absolute Gasteiger partial charge is 0.497 e. The van der Waals surface area contributed by atoms with E-state index in [1.807, 2.05) is 0 Å². The first kappa shape index (κ1) is 14.5. The topological polar surface area (TPSA) is 118 Å². The summed E-state index contributed by atoms with van der Waals surface area (Å²) >= 11 is 0. The van der Waals surface area contributed by atoms with Crippen molar-refractivity contribution < 1.29 is 19.6 Å². The van der Waals surface area contributed by atoms with Crippen LogP contribution in [0, 0.1) is 10.1 Å². The van der Waals surface area contributed by atoms with E-state index in [-0.39, 0.29) is 18.1 Å². The van der Waals surface area contributed by atoms with E-state index in [1.54, 1.807) is 24.3 Å². The van der Waals surface area contributed by atoms with Crippen LogP contribution in [0.3, 0.4) is 0 Å². The maximum absolute atomic E-state index is 11.4. The van der Waals surface area contributed by atoms with E-state index < -0.39 is 16.8 Å². The summed E-state index contributed by atoms with van der Waals surface area (Å²) < 4.78 is 5.02. The highest BCUT2D eigenvalue weighted by Crippen LogP contribution is 2.23. The molecule has 21 heavy (non-hydrogen) atoms. The number of nitrogens with one attached hydrogen (secondary N) is 1. The van der Waals surface area contributed by atoms with Crippen LogP contribution in [0.15, 0.2) is 30.5 Å². The van der Waals surface area contributed by atoms with Gasteiger partial charge in [-0.3, -0.25) is 4.79 Å². The molecule has 110 valence electrons. The number of aromatic nitrogens is 2. The van der Waals surface area contributed by atoms with Crippen molar-refractivity contribution in [2.45, 2.75) is 12.3 Å². The number of carbonyl (C=O) groups is 1. The molecule has 2 aromatic rings. The fraction of sp³-hybridized carbons (Fsp3) is 0.231. The maximum Gasteiger partial charge on any atom is 0.340 e. The quantitative estimate of drug-likeness (QED) is 0.618. The van der Waals surface area contributed by atoms with E-state index in [0.717, 1.165) is 6.20 Å². The monoisotopic (exact) mass is 291 g/mol. The van der Waals surface area contributed by atoms with Crippen LogP contribution in [0.4, 0.5) is 5.82 Å². The molecule has 1 aromatic heterocycles. The Bertz CT molecular complexity index is 650. The number of aromatic amines is 1. The van der Waals surface area contributed by atoms with Gasteiger partial charge in [-0.05, 0) is 22.6 Å². The van der Waals surface area contributed by atoms with Crippen LogP contribution < -0.4 is 4.74 Å². The standard InChI is InChI=1S/C13H13N3O5/c1-21-9-4-2-8(3-5-9)10(13(17)18)6-11-14-7-12(15-11)16(19)20/h2-5,7,10H,6H2,1H3,(H,14,15)(H,17,18)/t10-/m1/s1. The number of nitro groups is 1. The Morgan fingerprint density at radius 1 is 1.48 bits per heavy atom. The molecule has 0 saturated heterocycles. The molecule has 1 aromatic carbocycles. The van der Waals surface area contributed by atoms with Gasteiger partial charge in [-0.15, -0.1) is 0 Å². The Morgan fingerprint density at radius 3 is 2.62 bits per heavy atom. The van der Waals surface area contributed by atoms with E-state index in [0.29, 0.717) is 11.3 Å². The fourth-order valence-electron chi connectivity index (χ4n) is 1.93. The zero-order valence-corrected chi connectivity index (χ0v) is 11.1. The van der Waals surface area contributed by atoms with Gasteiger partial charge in [0.2, 0.25) is 0 Å². The molecule has 8 heteroatoms. The molecule has 2 N–H and O–H groups in total. The van der Waals surface area contributed by atoms with Crippen molar-refractivity contribution in [3.63, 3.8) is 0 Å². The number of rotatable bonds is 6. The molecule has 0 aliphatic carbocycles. The number of carboxylic acids is 1. The van der Waals surface area contributed by atoms with Crippen LogP contribution in [0.25, 0.3) is 0 Å². The molecule has 0 radical (unpaired) electrons. The molecule has 8 nitrogen and oxygen atoms in total. The lowest BCUT2D eigenvalue weighted by atomic mass is 9.95. The molecule has 0 fully saturated rings. The average Bonchev–Trinajstić information content (AvgIpc) is 2.93. The second kappa shape index (κ2) is 6.04. The van der Waals surface area contributed by atoms with Crippen LogP contribution in [-0.2, 0) is 11.2 Å². The number of nitrogens with zero attached hydrogens (tertiary/aromatic N) is 2. The minimum atomic E-state index is -1.03. The predicted molar refractivity (Wildman–Crippen MR) is 72.3 cm³/mol. The third-order valence-corrected chi connectivity index (χ3v) is 3.03.